The molecule has 1 aliphatic heterocycles. The standard InChI is InChI=1S/C19H21ClN2O4/c1-4-7-22-18(11-8-15(25-2)17(23)16(9-11)26-3)21-14-10-12(20)5-6-13(14)19(22)24/h5-6,8-10,18,21,23H,4,7H2,1-3H3. The van der Waals surface area contributed by atoms with Crippen LogP contribution in [0.5, 0.6) is 17.2 Å². The largest absolute Gasteiger partial charge is 0.502 e. The number of phenolic OH excluding ortho intramolecular Hbond substituents is 1. The van der Waals surface area contributed by atoms with Gasteiger partial charge in [0.05, 0.1) is 25.5 Å². The maximum Gasteiger partial charge on any atom is 0.257 e. The van der Waals surface area contributed by atoms with Gasteiger partial charge in [0.2, 0.25) is 5.75 Å². The minimum absolute atomic E-state index is 0.0757. The topological polar surface area (TPSA) is 71.0 Å². The Labute approximate surface area is 157 Å². The number of hydrogen-bond donors (Lipinski definition) is 2. The average molecular weight is 377 g/mol. The summed E-state index contributed by atoms with van der Waals surface area (Å²) in [6.07, 6.45) is 0.371. The fraction of sp³-hybridized carbons (Fsp3) is 0.316. The average Bonchev–Trinajstić information content (AvgIpc) is 2.64. The molecule has 1 unspecified atom stereocenters. The predicted molar refractivity (Wildman–Crippen MR) is 100 cm³/mol. The second kappa shape index (κ2) is 7.33. The number of benzene rings is 2. The Kier molecular flexibility index (Phi) is 5.13. The lowest BCUT2D eigenvalue weighted by Crippen LogP contribution is -2.43. The highest BCUT2D eigenvalue weighted by atomic mass is 35.5. The quantitative estimate of drug-likeness (QED) is 0.824. The minimum Gasteiger partial charge on any atom is -0.502 e. The van der Waals surface area contributed by atoms with Crippen molar-refractivity contribution in [2.45, 2.75) is 19.5 Å². The second-order valence-corrected chi connectivity index (χ2v) is 6.45. The minimum atomic E-state index is -0.434. The van der Waals surface area contributed by atoms with Crippen LogP contribution >= 0.6 is 11.6 Å². The van der Waals surface area contributed by atoms with Crippen molar-refractivity contribution in [1.29, 1.82) is 0 Å². The van der Waals surface area contributed by atoms with E-state index in [1.807, 2.05) is 6.92 Å². The van der Waals surface area contributed by atoms with Crippen LogP contribution in [0.2, 0.25) is 5.02 Å². The van der Waals surface area contributed by atoms with Gasteiger partial charge in [-0.2, -0.15) is 0 Å². The first-order chi connectivity index (χ1) is 12.5. The van der Waals surface area contributed by atoms with Crippen molar-refractivity contribution in [3.8, 4) is 17.2 Å². The SMILES string of the molecule is CCCN1C(=O)c2ccc(Cl)cc2NC1c1cc(OC)c(O)c(OC)c1. The summed E-state index contributed by atoms with van der Waals surface area (Å²) in [4.78, 5) is 14.8. The van der Waals surface area contributed by atoms with Crippen molar-refractivity contribution in [2.75, 3.05) is 26.1 Å². The summed E-state index contributed by atoms with van der Waals surface area (Å²) in [5, 5.41) is 14.1. The normalized spacial score (nSPS) is 16.1. The van der Waals surface area contributed by atoms with Gasteiger partial charge in [-0.15, -0.1) is 0 Å². The Morgan fingerprint density at radius 3 is 2.42 bits per heavy atom. The van der Waals surface area contributed by atoms with Gasteiger partial charge in [-0.1, -0.05) is 18.5 Å². The number of hydrogen-bond acceptors (Lipinski definition) is 5. The van der Waals surface area contributed by atoms with Crippen LogP contribution in [0, 0.1) is 0 Å². The van der Waals surface area contributed by atoms with E-state index in [1.165, 1.54) is 14.2 Å². The number of amides is 1. The zero-order chi connectivity index (χ0) is 18.8. The molecule has 0 saturated carbocycles. The van der Waals surface area contributed by atoms with Crippen molar-refractivity contribution in [3.05, 3.63) is 46.5 Å². The number of carbonyl (C=O) groups excluding carboxylic acids is 1. The third-order valence-electron chi connectivity index (χ3n) is 4.36. The van der Waals surface area contributed by atoms with Gasteiger partial charge in [0.15, 0.2) is 11.5 Å². The number of ether oxygens (including phenoxy) is 2. The molecular weight excluding hydrogens is 356 g/mol. The number of phenols is 1. The van der Waals surface area contributed by atoms with Crippen LogP contribution in [0.3, 0.4) is 0 Å². The van der Waals surface area contributed by atoms with Crippen molar-refractivity contribution in [3.63, 3.8) is 0 Å². The zero-order valence-corrected chi connectivity index (χ0v) is 15.6. The van der Waals surface area contributed by atoms with E-state index in [4.69, 9.17) is 21.1 Å². The molecule has 138 valence electrons. The molecule has 0 aromatic heterocycles. The molecule has 0 aliphatic carbocycles. The molecule has 2 N–H and O–H groups in total. The highest BCUT2D eigenvalue weighted by Gasteiger charge is 2.33. The van der Waals surface area contributed by atoms with Crippen LogP contribution in [0.15, 0.2) is 30.3 Å². The lowest BCUT2D eigenvalue weighted by atomic mass is 10.0. The molecule has 1 heterocycles. The number of fused-ring (bicyclic) bond motifs is 1. The first-order valence-corrected chi connectivity index (χ1v) is 8.69. The maximum atomic E-state index is 13.0. The van der Waals surface area contributed by atoms with Gasteiger partial charge in [-0.25, -0.2) is 0 Å². The second-order valence-electron chi connectivity index (χ2n) is 6.01. The Morgan fingerprint density at radius 2 is 1.85 bits per heavy atom. The molecule has 0 radical (unpaired) electrons. The third kappa shape index (κ3) is 3.12. The lowest BCUT2D eigenvalue weighted by molar-refractivity contribution is 0.0683. The molecule has 6 nitrogen and oxygen atoms in total. The van der Waals surface area contributed by atoms with Gasteiger partial charge in [-0.3, -0.25) is 4.79 Å². The molecule has 0 spiro atoms. The molecule has 3 rings (SSSR count). The van der Waals surface area contributed by atoms with Gasteiger partial charge in [0.25, 0.3) is 5.91 Å². The fourth-order valence-electron chi connectivity index (χ4n) is 3.13. The summed E-state index contributed by atoms with van der Waals surface area (Å²) < 4.78 is 10.5. The number of anilines is 1. The van der Waals surface area contributed by atoms with E-state index in [0.29, 0.717) is 22.8 Å². The Hall–Kier alpha value is -2.60. The molecule has 1 atom stereocenters. The van der Waals surface area contributed by atoms with Crippen molar-refractivity contribution in [1.82, 2.24) is 4.90 Å². The summed E-state index contributed by atoms with van der Waals surface area (Å²) in [5.41, 5.74) is 1.99. The van der Waals surface area contributed by atoms with E-state index in [1.54, 1.807) is 35.2 Å². The molecular formula is C19H21ClN2O4. The molecule has 7 heteroatoms. The first kappa shape index (κ1) is 18.2. The van der Waals surface area contributed by atoms with Crippen LogP contribution in [-0.4, -0.2) is 36.7 Å². The zero-order valence-electron chi connectivity index (χ0n) is 14.9. The summed E-state index contributed by atoms with van der Waals surface area (Å²) in [6, 6.07) is 8.56. The van der Waals surface area contributed by atoms with Gasteiger partial charge in [-0.05, 0) is 36.8 Å². The predicted octanol–water partition coefficient (Wildman–Crippen LogP) is 4.04. The van der Waals surface area contributed by atoms with Crippen LogP contribution in [0.25, 0.3) is 0 Å². The van der Waals surface area contributed by atoms with E-state index in [9.17, 15) is 9.90 Å². The van der Waals surface area contributed by atoms with Crippen LogP contribution in [0.1, 0.15) is 35.4 Å². The van der Waals surface area contributed by atoms with Gasteiger partial charge in [0.1, 0.15) is 6.17 Å². The Balaban J connectivity index is 2.11. The number of aromatic hydroxyl groups is 1. The highest BCUT2D eigenvalue weighted by Crippen LogP contribution is 2.42. The van der Waals surface area contributed by atoms with Gasteiger partial charge in [0, 0.05) is 17.1 Å². The third-order valence-corrected chi connectivity index (χ3v) is 4.59. The fourth-order valence-corrected chi connectivity index (χ4v) is 3.30. The number of nitrogens with one attached hydrogen (secondary N) is 1. The lowest BCUT2D eigenvalue weighted by Gasteiger charge is -2.38. The summed E-state index contributed by atoms with van der Waals surface area (Å²) >= 11 is 6.09. The van der Waals surface area contributed by atoms with Crippen molar-refractivity contribution < 1.29 is 19.4 Å². The first-order valence-electron chi connectivity index (χ1n) is 8.32. The van der Waals surface area contributed by atoms with Crippen LogP contribution < -0.4 is 14.8 Å². The molecule has 0 saturated heterocycles. The van der Waals surface area contributed by atoms with Gasteiger partial charge >= 0.3 is 0 Å². The Morgan fingerprint density at radius 1 is 1.19 bits per heavy atom. The number of nitrogens with zero attached hydrogens (tertiary/aromatic N) is 1. The van der Waals surface area contributed by atoms with E-state index >= 15 is 0 Å². The molecule has 2 aromatic rings. The van der Waals surface area contributed by atoms with Crippen molar-refractivity contribution in [2.24, 2.45) is 0 Å². The molecule has 0 bridgehead atoms. The number of halogens is 1. The number of methoxy groups -OCH3 is 2. The number of carbonyl (C=O) groups is 1. The summed E-state index contributed by atoms with van der Waals surface area (Å²) in [5.74, 6) is 0.406. The summed E-state index contributed by atoms with van der Waals surface area (Å²) in [6.45, 7) is 2.59. The monoisotopic (exact) mass is 376 g/mol. The molecule has 26 heavy (non-hydrogen) atoms. The highest BCUT2D eigenvalue weighted by molar-refractivity contribution is 6.31. The van der Waals surface area contributed by atoms with Gasteiger partial charge < -0.3 is 24.8 Å². The van der Waals surface area contributed by atoms with E-state index in [-0.39, 0.29) is 23.2 Å². The molecule has 0 fully saturated rings. The number of rotatable bonds is 5. The van der Waals surface area contributed by atoms with E-state index < -0.39 is 6.17 Å². The van der Waals surface area contributed by atoms with E-state index in [0.717, 1.165) is 12.0 Å². The maximum absolute atomic E-state index is 13.0. The van der Waals surface area contributed by atoms with E-state index in [2.05, 4.69) is 5.32 Å². The smallest absolute Gasteiger partial charge is 0.257 e. The van der Waals surface area contributed by atoms with Crippen LogP contribution in [-0.2, 0) is 0 Å². The van der Waals surface area contributed by atoms with Crippen molar-refractivity contribution >= 4 is 23.2 Å². The Bertz CT molecular complexity index is 815. The molecule has 2 aromatic carbocycles. The molecule has 1 aliphatic rings. The van der Waals surface area contributed by atoms with Crippen LogP contribution in [0.4, 0.5) is 5.69 Å². The molecule has 1 amide bonds. The summed E-state index contributed by atoms with van der Waals surface area (Å²) in [7, 11) is 2.94.